The van der Waals surface area contributed by atoms with Crippen LogP contribution in [0.1, 0.15) is 11.1 Å². The van der Waals surface area contributed by atoms with Crippen LogP contribution < -0.4 is 16.0 Å². The van der Waals surface area contributed by atoms with E-state index in [0.717, 1.165) is 10.9 Å². The Balaban J connectivity index is 1.61. The number of para-hydroxylation sites is 1. The zero-order valence-corrected chi connectivity index (χ0v) is 17.1. The van der Waals surface area contributed by atoms with Crippen molar-refractivity contribution >= 4 is 21.9 Å². The maximum absolute atomic E-state index is 13.1. The van der Waals surface area contributed by atoms with Gasteiger partial charge in [-0.05, 0) is 48.9 Å². The van der Waals surface area contributed by atoms with E-state index in [-0.39, 0.29) is 18.0 Å². The van der Waals surface area contributed by atoms with Gasteiger partial charge in [0.15, 0.2) is 0 Å². The number of ether oxygens (including phenoxy) is 1. The number of rotatable bonds is 4. The summed E-state index contributed by atoms with van der Waals surface area (Å²) in [6, 6.07) is 19.7. The summed E-state index contributed by atoms with van der Waals surface area (Å²) in [5.41, 5.74) is 1.81. The Bertz CT molecular complexity index is 1580. The predicted molar refractivity (Wildman–Crippen MR) is 119 cm³/mol. The zero-order valence-electron chi connectivity index (χ0n) is 17.1. The summed E-state index contributed by atoms with van der Waals surface area (Å²) in [6.45, 7) is 2.00. The molecule has 2 aromatic heterocycles. The number of fused-ring (bicyclic) bond motifs is 2. The van der Waals surface area contributed by atoms with Crippen molar-refractivity contribution in [1.82, 2.24) is 0 Å². The van der Waals surface area contributed by atoms with E-state index < -0.39 is 11.3 Å². The van der Waals surface area contributed by atoms with Gasteiger partial charge in [0.05, 0.1) is 5.56 Å². The first kappa shape index (κ1) is 19.8. The molecule has 0 fully saturated rings. The monoisotopic (exact) mass is 428 g/mol. The van der Waals surface area contributed by atoms with Gasteiger partial charge < -0.3 is 13.6 Å². The average molecular weight is 428 g/mol. The van der Waals surface area contributed by atoms with Gasteiger partial charge >= 0.3 is 11.3 Å². The predicted octanol–water partition coefficient (Wildman–Crippen LogP) is 5.59. The highest BCUT2D eigenvalue weighted by atomic mass is 19.1. The van der Waals surface area contributed by atoms with Gasteiger partial charge in [-0.25, -0.2) is 14.0 Å². The third-order valence-corrected chi connectivity index (χ3v) is 5.35. The Hall–Kier alpha value is -4.19. The number of halogens is 1. The minimum atomic E-state index is -0.584. The number of hydrogen-bond donors (Lipinski definition) is 0. The third kappa shape index (κ3) is 3.56. The quantitative estimate of drug-likeness (QED) is 0.349. The molecule has 0 aliphatic carbocycles. The fourth-order valence-electron chi connectivity index (χ4n) is 3.71. The van der Waals surface area contributed by atoms with Crippen LogP contribution in [0.3, 0.4) is 0 Å². The molecular weight excluding hydrogens is 411 g/mol. The van der Waals surface area contributed by atoms with Gasteiger partial charge in [-0.15, -0.1) is 0 Å². The standard InChI is InChI=1S/C26H17FO5/c1-15-22(30-14-16-6-8-18(27)9-7-16)11-10-19-20(13-24(28)32-25(15)19)21-12-17-4-2-3-5-23(17)31-26(21)29/h2-13H,14H2,1H3. The van der Waals surface area contributed by atoms with Gasteiger partial charge in [0.1, 0.15) is 29.3 Å². The number of aryl methyl sites for hydroxylation is 1. The van der Waals surface area contributed by atoms with Crippen LogP contribution in [0, 0.1) is 12.7 Å². The molecule has 0 radical (unpaired) electrons. The summed E-state index contributed by atoms with van der Waals surface area (Å²) in [6.07, 6.45) is 0. The van der Waals surface area contributed by atoms with Gasteiger partial charge in [0, 0.05) is 28.0 Å². The summed E-state index contributed by atoms with van der Waals surface area (Å²) in [5.74, 6) is 0.204. The topological polar surface area (TPSA) is 69.7 Å². The molecule has 158 valence electrons. The minimum absolute atomic E-state index is 0.227. The molecule has 0 saturated carbocycles. The Morgan fingerprint density at radius 2 is 1.66 bits per heavy atom. The van der Waals surface area contributed by atoms with E-state index in [2.05, 4.69) is 0 Å². The zero-order chi connectivity index (χ0) is 22.2. The van der Waals surface area contributed by atoms with Crippen LogP contribution in [0.2, 0.25) is 0 Å². The van der Waals surface area contributed by atoms with Crippen LogP contribution in [0.4, 0.5) is 4.39 Å². The molecule has 2 heterocycles. The summed E-state index contributed by atoms with van der Waals surface area (Å²) < 4.78 is 29.9. The SMILES string of the molecule is Cc1c(OCc2ccc(F)cc2)ccc2c(-c3cc4ccccc4oc3=O)cc(=O)oc12. The average Bonchev–Trinajstić information content (AvgIpc) is 2.79. The molecule has 32 heavy (non-hydrogen) atoms. The second-order valence-corrected chi connectivity index (χ2v) is 7.44. The van der Waals surface area contributed by atoms with Gasteiger partial charge in [-0.1, -0.05) is 30.3 Å². The van der Waals surface area contributed by atoms with Gasteiger partial charge in [0.25, 0.3) is 0 Å². The molecule has 0 N–H and O–H groups in total. The van der Waals surface area contributed by atoms with Crippen LogP contribution in [0.15, 0.2) is 91.2 Å². The Morgan fingerprint density at radius 1 is 0.875 bits per heavy atom. The highest BCUT2D eigenvalue weighted by molar-refractivity contribution is 5.96. The van der Waals surface area contributed by atoms with Crippen molar-refractivity contribution in [3.05, 3.63) is 111 Å². The second kappa shape index (κ2) is 7.81. The normalized spacial score (nSPS) is 11.2. The molecular formula is C26H17FO5. The smallest absolute Gasteiger partial charge is 0.344 e. The largest absolute Gasteiger partial charge is 0.488 e. The highest BCUT2D eigenvalue weighted by Gasteiger charge is 2.16. The summed E-state index contributed by atoms with van der Waals surface area (Å²) >= 11 is 0. The van der Waals surface area contributed by atoms with Crippen molar-refractivity contribution in [1.29, 1.82) is 0 Å². The molecule has 0 bridgehead atoms. The first-order valence-corrected chi connectivity index (χ1v) is 9.97. The van der Waals surface area contributed by atoms with Crippen LogP contribution in [0.5, 0.6) is 5.75 Å². The summed E-state index contributed by atoms with van der Waals surface area (Å²) in [5, 5.41) is 1.35. The number of hydrogen-bond acceptors (Lipinski definition) is 5. The van der Waals surface area contributed by atoms with E-state index in [9.17, 15) is 14.0 Å². The van der Waals surface area contributed by atoms with Crippen LogP contribution in [-0.2, 0) is 6.61 Å². The van der Waals surface area contributed by atoms with Crippen molar-refractivity contribution in [3.63, 3.8) is 0 Å². The molecule has 0 aliphatic heterocycles. The Labute approximate surface area is 181 Å². The summed E-state index contributed by atoms with van der Waals surface area (Å²) in [4.78, 5) is 25.0. The second-order valence-electron chi connectivity index (χ2n) is 7.44. The lowest BCUT2D eigenvalue weighted by atomic mass is 10.0. The first-order valence-electron chi connectivity index (χ1n) is 9.97. The lowest BCUT2D eigenvalue weighted by Crippen LogP contribution is -2.07. The maximum atomic E-state index is 13.1. The molecule has 3 aromatic carbocycles. The van der Waals surface area contributed by atoms with Crippen LogP contribution in [0.25, 0.3) is 33.1 Å². The Morgan fingerprint density at radius 3 is 2.47 bits per heavy atom. The molecule has 0 spiro atoms. The molecule has 0 unspecified atom stereocenters. The maximum Gasteiger partial charge on any atom is 0.344 e. The molecule has 0 atom stereocenters. The molecule has 5 nitrogen and oxygen atoms in total. The van der Waals surface area contributed by atoms with Crippen molar-refractivity contribution in [2.75, 3.05) is 0 Å². The van der Waals surface area contributed by atoms with Gasteiger partial charge in [0.2, 0.25) is 0 Å². The molecule has 0 saturated heterocycles. The van der Waals surface area contributed by atoms with E-state index in [1.54, 1.807) is 49.4 Å². The van der Waals surface area contributed by atoms with Crippen LogP contribution >= 0.6 is 0 Å². The van der Waals surface area contributed by atoms with Gasteiger partial charge in [-0.2, -0.15) is 0 Å². The molecule has 5 aromatic rings. The minimum Gasteiger partial charge on any atom is -0.488 e. The van der Waals surface area contributed by atoms with E-state index in [1.807, 2.05) is 12.1 Å². The van der Waals surface area contributed by atoms with Crippen molar-refractivity contribution < 1.29 is 18.0 Å². The lowest BCUT2D eigenvalue weighted by Gasteiger charge is -2.12. The van der Waals surface area contributed by atoms with E-state index in [0.29, 0.717) is 33.4 Å². The molecule has 0 aliphatic rings. The molecule has 6 heteroatoms. The van der Waals surface area contributed by atoms with E-state index in [4.69, 9.17) is 13.6 Å². The molecule has 5 rings (SSSR count). The van der Waals surface area contributed by atoms with E-state index in [1.165, 1.54) is 18.2 Å². The first-order chi connectivity index (χ1) is 15.5. The fourth-order valence-corrected chi connectivity index (χ4v) is 3.71. The highest BCUT2D eigenvalue weighted by Crippen LogP contribution is 2.33. The number of benzene rings is 3. The fraction of sp³-hybridized carbons (Fsp3) is 0.0769. The lowest BCUT2D eigenvalue weighted by molar-refractivity contribution is 0.304. The van der Waals surface area contributed by atoms with Crippen molar-refractivity contribution in [2.24, 2.45) is 0 Å². The van der Waals surface area contributed by atoms with E-state index >= 15 is 0 Å². The van der Waals surface area contributed by atoms with Gasteiger partial charge in [-0.3, -0.25) is 0 Å². The summed E-state index contributed by atoms with van der Waals surface area (Å²) in [7, 11) is 0. The Kier molecular flexibility index (Phi) is 4.82. The van der Waals surface area contributed by atoms with Crippen LogP contribution in [-0.4, -0.2) is 0 Å². The van der Waals surface area contributed by atoms with Crippen molar-refractivity contribution in [3.8, 4) is 16.9 Å². The van der Waals surface area contributed by atoms with Crippen molar-refractivity contribution in [2.45, 2.75) is 13.5 Å². The third-order valence-electron chi connectivity index (χ3n) is 5.35. The molecule has 0 amide bonds.